The van der Waals surface area contributed by atoms with Crippen LogP contribution < -0.4 is 10.4 Å². The summed E-state index contributed by atoms with van der Waals surface area (Å²) in [6.45, 7) is 9.07. The van der Waals surface area contributed by atoms with Gasteiger partial charge in [-0.3, -0.25) is 14.8 Å². The van der Waals surface area contributed by atoms with Crippen molar-refractivity contribution in [3.05, 3.63) is 30.3 Å². The lowest BCUT2D eigenvalue weighted by molar-refractivity contribution is -0.133. The molecule has 1 atom stereocenters. The van der Waals surface area contributed by atoms with E-state index in [1.165, 1.54) is 5.69 Å². The summed E-state index contributed by atoms with van der Waals surface area (Å²) in [4.78, 5) is 28.2. The summed E-state index contributed by atoms with van der Waals surface area (Å²) in [6.07, 6.45) is 4.30. The van der Waals surface area contributed by atoms with Crippen molar-refractivity contribution >= 4 is 17.5 Å². The summed E-state index contributed by atoms with van der Waals surface area (Å²) in [5.74, 6) is 0.300. The van der Waals surface area contributed by atoms with Gasteiger partial charge in [-0.25, -0.2) is 5.48 Å². The number of anilines is 1. The van der Waals surface area contributed by atoms with Crippen molar-refractivity contribution in [1.29, 1.82) is 0 Å². The molecular weight excluding hydrogens is 354 g/mol. The lowest BCUT2D eigenvalue weighted by Gasteiger charge is -2.52. The quantitative estimate of drug-likeness (QED) is 0.385. The number of unbranched alkanes of at least 4 members (excludes halogenated alkanes) is 3. The zero-order chi connectivity index (χ0) is 20.6. The molecule has 0 saturated carbocycles. The summed E-state index contributed by atoms with van der Waals surface area (Å²) >= 11 is 0. The van der Waals surface area contributed by atoms with E-state index < -0.39 is 0 Å². The van der Waals surface area contributed by atoms with Gasteiger partial charge in [-0.05, 0) is 37.8 Å². The van der Waals surface area contributed by atoms with E-state index in [-0.39, 0.29) is 17.4 Å². The number of amides is 2. The normalized spacial score (nSPS) is 19.8. The highest BCUT2D eigenvalue weighted by Crippen LogP contribution is 2.33. The molecule has 2 amide bonds. The minimum Gasteiger partial charge on any atom is -0.362 e. The Bertz CT molecular complexity index is 635. The molecule has 0 spiro atoms. The Hall–Kier alpha value is -2.08. The molecule has 2 N–H and O–H groups in total. The summed E-state index contributed by atoms with van der Waals surface area (Å²) in [5.41, 5.74) is 2.78. The molecule has 1 aliphatic rings. The molecule has 28 heavy (non-hydrogen) atoms. The molecule has 0 aromatic heterocycles. The number of hydrogen-bond acceptors (Lipinski definition) is 4. The van der Waals surface area contributed by atoms with Crippen LogP contribution in [0.3, 0.4) is 0 Å². The number of carbonyl (C=O) groups is 2. The fraction of sp³-hybridized carbons (Fsp3) is 0.636. The number of nitrogens with one attached hydrogen (secondary N) is 1. The lowest BCUT2D eigenvalue weighted by Crippen LogP contribution is -2.64. The maximum atomic E-state index is 12.7. The van der Waals surface area contributed by atoms with Gasteiger partial charge in [0, 0.05) is 38.2 Å². The van der Waals surface area contributed by atoms with Crippen molar-refractivity contribution < 1.29 is 14.8 Å². The summed E-state index contributed by atoms with van der Waals surface area (Å²) in [7, 11) is 0. The van der Waals surface area contributed by atoms with Crippen LogP contribution in [0.25, 0.3) is 0 Å². The molecule has 1 aromatic rings. The van der Waals surface area contributed by atoms with Crippen LogP contribution in [-0.2, 0) is 9.59 Å². The second-order valence-electron chi connectivity index (χ2n) is 8.26. The summed E-state index contributed by atoms with van der Waals surface area (Å²) < 4.78 is 0. The van der Waals surface area contributed by atoms with Gasteiger partial charge in [0.1, 0.15) is 0 Å². The van der Waals surface area contributed by atoms with E-state index in [0.29, 0.717) is 18.8 Å². The van der Waals surface area contributed by atoms with Crippen LogP contribution in [0.5, 0.6) is 0 Å². The van der Waals surface area contributed by atoms with Crippen molar-refractivity contribution in [2.75, 3.05) is 24.5 Å². The average Bonchev–Trinajstić information content (AvgIpc) is 2.70. The van der Waals surface area contributed by atoms with Gasteiger partial charge in [-0.1, -0.05) is 44.9 Å². The second-order valence-corrected chi connectivity index (χ2v) is 8.26. The Labute approximate surface area is 168 Å². The monoisotopic (exact) mass is 389 g/mol. The molecule has 1 aliphatic heterocycles. The number of nitrogens with zero attached hydrogens (tertiary/aromatic N) is 2. The highest BCUT2D eigenvalue weighted by molar-refractivity contribution is 5.77. The number of benzene rings is 1. The third kappa shape index (κ3) is 5.71. The maximum Gasteiger partial charge on any atom is 0.243 e. The fourth-order valence-corrected chi connectivity index (χ4v) is 3.90. The zero-order valence-corrected chi connectivity index (χ0v) is 17.5. The van der Waals surface area contributed by atoms with Crippen molar-refractivity contribution in [2.24, 2.45) is 5.92 Å². The standard InChI is InChI=1S/C22H35N3O3/c1-18(2)22(3)17-24(15-16-25(22)19-11-7-6-8-12-19)21(27)14-10-5-4-9-13-20(26)23-28/h6-8,11-12,18,28H,4-5,9-10,13-17H2,1-3H3,(H,23,26). The largest absolute Gasteiger partial charge is 0.362 e. The molecule has 156 valence electrons. The van der Waals surface area contributed by atoms with Gasteiger partial charge in [-0.15, -0.1) is 0 Å². The number of hydrogen-bond donors (Lipinski definition) is 2. The van der Waals surface area contributed by atoms with E-state index >= 15 is 0 Å². The molecule has 0 bridgehead atoms. The Kier molecular flexibility index (Phi) is 8.30. The number of para-hydroxylation sites is 1. The van der Waals surface area contributed by atoms with Crippen molar-refractivity contribution in [3.63, 3.8) is 0 Å². The topological polar surface area (TPSA) is 72.9 Å². The van der Waals surface area contributed by atoms with Crippen LogP contribution in [0.2, 0.25) is 0 Å². The minimum atomic E-state index is -0.347. The maximum absolute atomic E-state index is 12.7. The zero-order valence-electron chi connectivity index (χ0n) is 17.5. The first kappa shape index (κ1) is 22.2. The molecular formula is C22H35N3O3. The van der Waals surface area contributed by atoms with Gasteiger partial charge in [0.05, 0.1) is 5.54 Å². The van der Waals surface area contributed by atoms with Gasteiger partial charge in [-0.2, -0.15) is 0 Å². The number of hydroxylamine groups is 1. The van der Waals surface area contributed by atoms with Crippen LogP contribution in [0.1, 0.15) is 59.3 Å². The van der Waals surface area contributed by atoms with Crippen LogP contribution in [0.15, 0.2) is 30.3 Å². The van der Waals surface area contributed by atoms with Gasteiger partial charge in [0.25, 0.3) is 0 Å². The first-order chi connectivity index (χ1) is 13.4. The van der Waals surface area contributed by atoms with Crippen LogP contribution >= 0.6 is 0 Å². The first-order valence-corrected chi connectivity index (χ1v) is 10.4. The third-order valence-corrected chi connectivity index (χ3v) is 6.05. The number of rotatable bonds is 9. The molecule has 1 unspecified atom stereocenters. The van der Waals surface area contributed by atoms with E-state index in [2.05, 4.69) is 49.9 Å². The first-order valence-electron chi connectivity index (χ1n) is 10.4. The lowest BCUT2D eigenvalue weighted by atomic mass is 9.83. The molecule has 1 fully saturated rings. The third-order valence-electron chi connectivity index (χ3n) is 6.05. The molecule has 1 saturated heterocycles. The van der Waals surface area contributed by atoms with E-state index in [9.17, 15) is 9.59 Å². The van der Waals surface area contributed by atoms with Crippen LogP contribution in [-0.4, -0.2) is 47.1 Å². The van der Waals surface area contributed by atoms with Crippen molar-refractivity contribution in [3.8, 4) is 0 Å². The number of carbonyl (C=O) groups excluding carboxylic acids is 2. The van der Waals surface area contributed by atoms with Gasteiger partial charge in [0.2, 0.25) is 11.8 Å². The smallest absolute Gasteiger partial charge is 0.243 e. The predicted octanol–water partition coefficient (Wildman–Crippen LogP) is 3.60. The van der Waals surface area contributed by atoms with Crippen molar-refractivity contribution in [1.82, 2.24) is 10.4 Å². The van der Waals surface area contributed by atoms with Gasteiger partial charge >= 0.3 is 0 Å². The number of piperazine rings is 1. The molecule has 1 heterocycles. The Morgan fingerprint density at radius 1 is 1.07 bits per heavy atom. The minimum absolute atomic E-state index is 0.0904. The molecule has 6 heteroatoms. The predicted molar refractivity (Wildman–Crippen MR) is 111 cm³/mol. The Balaban J connectivity index is 1.85. The SMILES string of the molecule is CC(C)C1(C)CN(C(=O)CCCCCCC(=O)NO)CCN1c1ccccc1. The highest BCUT2D eigenvalue weighted by Gasteiger charge is 2.41. The Morgan fingerprint density at radius 2 is 1.71 bits per heavy atom. The fourth-order valence-electron chi connectivity index (χ4n) is 3.90. The molecule has 6 nitrogen and oxygen atoms in total. The molecule has 2 rings (SSSR count). The summed E-state index contributed by atoms with van der Waals surface area (Å²) in [5, 5.41) is 8.47. The van der Waals surface area contributed by atoms with Crippen molar-refractivity contribution in [2.45, 2.75) is 64.8 Å². The van der Waals surface area contributed by atoms with Gasteiger partial charge in [0.15, 0.2) is 0 Å². The summed E-state index contributed by atoms with van der Waals surface area (Å²) in [6, 6.07) is 10.5. The molecule has 0 radical (unpaired) electrons. The van der Waals surface area contributed by atoms with E-state index in [0.717, 1.165) is 45.3 Å². The molecule has 0 aliphatic carbocycles. The molecule has 1 aromatic carbocycles. The van der Waals surface area contributed by atoms with E-state index in [1.54, 1.807) is 5.48 Å². The average molecular weight is 390 g/mol. The van der Waals surface area contributed by atoms with E-state index in [4.69, 9.17) is 5.21 Å². The van der Waals surface area contributed by atoms with E-state index in [1.807, 2.05) is 11.0 Å². The Morgan fingerprint density at radius 3 is 2.32 bits per heavy atom. The highest BCUT2D eigenvalue weighted by atomic mass is 16.5. The van der Waals surface area contributed by atoms with Gasteiger partial charge < -0.3 is 9.80 Å². The van der Waals surface area contributed by atoms with Crippen LogP contribution in [0, 0.1) is 5.92 Å². The second kappa shape index (κ2) is 10.5. The van der Waals surface area contributed by atoms with Crippen LogP contribution in [0.4, 0.5) is 5.69 Å².